The quantitative estimate of drug-likeness (QED) is 0.776. The highest BCUT2D eigenvalue weighted by atomic mass is 16.6. The summed E-state index contributed by atoms with van der Waals surface area (Å²) in [5.74, 6) is 1.26. The van der Waals surface area contributed by atoms with Crippen molar-refractivity contribution in [3.05, 3.63) is 36.3 Å². The van der Waals surface area contributed by atoms with Crippen LogP contribution >= 0.6 is 0 Å². The van der Waals surface area contributed by atoms with Gasteiger partial charge in [-0.15, -0.1) is 0 Å². The molecule has 0 saturated carbocycles. The number of hydrogen-bond acceptors (Lipinski definition) is 5. The van der Waals surface area contributed by atoms with Gasteiger partial charge in [-0.2, -0.15) is 0 Å². The van der Waals surface area contributed by atoms with Crippen molar-refractivity contribution in [2.45, 2.75) is 6.92 Å². The SMILES string of the molecule is C=CC1=C(C=CC)OCCOCCOCCOCCO1. The first-order valence-electron chi connectivity index (χ1n) is 6.86. The highest BCUT2D eigenvalue weighted by Crippen LogP contribution is 2.11. The molecule has 0 aromatic heterocycles. The molecule has 1 aliphatic rings. The highest BCUT2D eigenvalue weighted by Gasteiger charge is 2.05. The topological polar surface area (TPSA) is 46.2 Å². The third-order valence-electron chi connectivity index (χ3n) is 2.46. The van der Waals surface area contributed by atoms with E-state index in [1.54, 1.807) is 6.08 Å². The molecule has 0 unspecified atom stereocenters. The van der Waals surface area contributed by atoms with Gasteiger partial charge in [0, 0.05) is 0 Å². The van der Waals surface area contributed by atoms with E-state index in [4.69, 9.17) is 23.7 Å². The van der Waals surface area contributed by atoms with Crippen molar-refractivity contribution in [3.63, 3.8) is 0 Å². The van der Waals surface area contributed by atoms with Crippen molar-refractivity contribution >= 4 is 0 Å². The zero-order chi connectivity index (χ0) is 14.5. The molecule has 0 bridgehead atoms. The molecule has 114 valence electrons. The van der Waals surface area contributed by atoms with Crippen LogP contribution in [0, 0.1) is 0 Å². The summed E-state index contributed by atoms with van der Waals surface area (Å²) in [6.45, 7) is 9.80. The fourth-order valence-electron chi connectivity index (χ4n) is 1.55. The van der Waals surface area contributed by atoms with E-state index in [1.165, 1.54) is 0 Å². The molecule has 5 heteroatoms. The molecular formula is C15H24O5. The third-order valence-corrected chi connectivity index (χ3v) is 2.46. The van der Waals surface area contributed by atoms with Gasteiger partial charge in [-0.25, -0.2) is 0 Å². The lowest BCUT2D eigenvalue weighted by Crippen LogP contribution is -2.12. The molecule has 0 fully saturated rings. The zero-order valence-corrected chi connectivity index (χ0v) is 12.1. The Kier molecular flexibility index (Phi) is 9.65. The first kappa shape index (κ1) is 16.8. The standard InChI is InChI=1S/C15H24O5/c1-3-5-15-14(4-2)19-12-10-17-8-6-16-7-9-18-11-13-20-15/h3-5H,2,6-13H2,1H3. The van der Waals surface area contributed by atoms with Crippen LogP contribution in [0.15, 0.2) is 36.3 Å². The molecule has 1 heterocycles. The first-order valence-corrected chi connectivity index (χ1v) is 6.86. The van der Waals surface area contributed by atoms with Gasteiger partial charge < -0.3 is 23.7 Å². The Labute approximate surface area is 120 Å². The fourth-order valence-corrected chi connectivity index (χ4v) is 1.55. The summed E-state index contributed by atoms with van der Waals surface area (Å²) >= 11 is 0. The second-order valence-corrected chi connectivity index (χ2v) is 3.97. The maximum absolute atomic E-state index is 5.65. The molecule has 0 N–H and O–H groups in total. The van der Waals surface area contributed by atoms with Crippen LogP contribution < -0.4 is 0 Å². The highest BCUT2D eigenvalue weighted by molar-refractivity contribution is 5.23. The van der Waals surface area contributed by atoms with Gasteiger partial charge in [-0.1, -0.05) is 12.7 Å². The van der Waals surface area contributed by atoms with Crippen molar-refractivity contribution < 1.29 is 23.7 Å². The van der Waals surface area contributed by atoms with Gasteiger partial charge in [-0.3, -0.25) is 0 Å². The van der Waals surface area contributed by atoms with Crippen LogP contribution in [0.5, 0.6) is 0 Å². The largest absolute Gasteiger partial charge is 0.487 e. The van der Waals surface area contributed by atoms with Gasteiger partial charge in [0.25, 0.3) is 0 Å². The van der Waals surface area contributed by atoms with Crippen LogP contribution in [0.4, 0.5) is 0 Å². The van der Waals surface area contributed by atoms with Crippen molar-refractivity contribution in [2.75, 3.05) is 52.9 Å². The summed E-state index contributed by atoms with van der Waals surface area (Å²) < 4.78 is 27.4. The molecule has 0 aliphatic carbocycles. The average Bonchev–Trinajstić information content (AvgIpc) is 2.47. The molecule has 1 rings (SSSR count). The lowest BCUT2D eigenvalue weighted by Gasteiger charge is -2.12. The lowest BCUT2D eigenvalue weighted by molar-refractivity contribution is 0.00259. The van der Waals surface area contributed by atoms with Crippen LogP contribution in [0.1, 0.15) is 6.92 Å². The summed E-state index contributed by atoms with van der Waals surface area (Å²) in [5.41, 5.74) is 0. The molecule has 0 aromatic carbocycles. The molecule has 0 saturated heterocycles. The minimum Gasteiger partial charge on any atom is -0.487 e. The van der Waals surface area contributed by atoms with E-state index in [-0.39, 0.29) is 0 Å². The van der Waals surface area contributed by atoms with E-state index >= 15 is 0 Å². The van der Waals surface area contributed by atoms with Crippen molar-refractivity contribution in [2.24, 2.45) is 0 Å². The second kappa shape index (κ2) is 11.5. The van der Waals surface area contributed by atoms with E-state index in [9.17, 15) is 0 Å². The molecule has 1 aliphatic heterocycles. The Bertz CT molecular complexity index is 322. The van der Waals surface area contributed by atoms with E-state index in [0.29, 0.717) is 64.4 Å². The third kappa shape index (κ3) is 7.33. The van der Waals surface area contributed by atoms with Gasteiger partial charge in [0.05, 0.1) is 39.6 Å². The molecule has 0 amide bonds. The predicted octanol–water partition coefficient (Wildman–Crippen LogP) is 2.06. The fraction of sp³-hybridized carbons (Fsp3) is 0.600. The molecular weight excluding hydrogens is 260 g/mol. The Hall–Kier alpha value is -1.30. The summed E-state index contributed by atoms with van der Waals surface area (Å²) in [6.07, 6.45) is 5.37. The van der Waals surface area contributed by atoms with Gasteiger partial charge >= 0.3 is 0 Å². The van der Waals surface area contributed by atoms with E-state index in [0.717, 1.165) is 0 Å². The van der Waals surface area contributed by atoms with Crippen LogP contribution in [0.2, 0.25) is 0 Å². The monoisotopic (exact) mass is 284 g/mol. The van der Waals surface area contributed by atoms with Gasteiger partial charge in [0.15, 0.2) is 11.5 Å². The van der Waals surface area contributed by atoms with Gasteiger partial charge in [0.2, 0.25) is 0 Å². The van der Waals surface area contributed by atoms with E-state index in [2.05, 4.69) is 6.58 Å². The van der Waals surface area contributed by atoms with Crippen molar-refractivity contribution in [1.29, 1.82) is 0 Å². The molecule has 20 heavy (non-hydrogen) atoms. The van der Waals surface area contributed by atoms with Crippen LogP contribution in [-0.2, 0) is 23.7 Å². The molecule has 0 spiro atoms. The Morgan fingerprint density at radius 1 is 0.750 bits per heavy atom. The van der Waals surface area contributed by atoms with E-state index < -0.39 is 0 Å². The Morgan fingerprint density at radius 2 is 1.20 bits per heavy atom. The minimum atomic E-state index is 0.447. The van der Waals surface area contributed by atoms with Crippen molar-refractivity contribution in [1.82, 2.24) is 0 Å². The second-order valence-electron chi connectivity index (χ2n) is 3.97. The van der Waals surface area contributed by atoms with Crippen molar-refractivity contribution in [3.8, 4) is 0 Å². The Morgan fingerprint density at radius 3 is 1.65 bits per heavy atom. The van der Waals surface area contributed by atoms with E-state index in [1.807, 2.05) is 19.1 Å². The lowest BCUT2D eigenvalue weighted by atomic mass is 10.3. The summed E-state index contributed by atoms with van der Waals surface area (Å²) in [6, 6.07) is 0. The van der Waals surface area contributed by atoms with Gasteiger partial charge in [0.1, 0.15) is 13.2 Å². The van der Waals surface area contributed by atoms with Crippen LogP contribution in [0.3, 0.4) is 0 Å². The number of ether oxygens (including phenoxy) is 5. The smallest absolute Gasteiger partial charge is 0.160 e. The minimum absolute atomic E-state index is 0.447. The van der Waals surface area contributed by atoms with Crippen LogP contribution in [-0.4, -0.2) is 52.9 Å². The average molecular weight is 284 g/mol. The molecule has 0 atom stereocenters. The maximum Gasteiger partial charge on any atom is 0.160 e. The normalized spacial score (nSPS) is 20.6. The summed E-state index contributed by atoms with van der Waals surface area (Å²) in [7, 11) is 0. The predicted molar refractivity (Wildman–Crippen MR) is 76.4 cm³/mol. The van der Waals surface area contributed by atoms with Crippen LogP contribution in [0.25, 0.3) is 0 Å². The number of rotatable bonds is 2. The maximum atomic E-state index is 5.65. The zero-order valence-electron chi connectivity index (χ0n) is 12.1. The summed E-state index contributed by atoms with van der Waals surface area (Å²) in [4.78, 5) is 0. The molecule has 0 aromatic rings. The number of hydrogen-bond donors (Lipinski definition) is 0. The molecule has 0 radical (unpaired) electrons. The Balaban J connectivity index is 2.59. The molecule has 5 nitrogen and oxygen atoms in total. The summed E-state index contributed by atoms with van der Waals surface area (Å²) in [5, 5.41) is 0. The first-order chi connectivity index (χ1) is 9.88. The number of allylic oxidation sites excluding steroid dienone is 3. The van der Waals surface area contributed by atoms with Gasteiger partial charge in [-0.05, 0) is 19.1 Å².